The van der Waals surface area contributed by atoms with Crippen LogP contribution in [0.4, 0.5) is 0 Å². The van der Waals surface area contributed by atoms with E-state index < -0.39 is 0 Å². The highest BCUT2D eigenvalue weighted by molar-refractivity contribution is 5.99. The second-order valence-corrected chi connectivity index (χ2v) is 8.62. The quantitative estimate of drug-likeness (QED) is 0.634. The van der Waals surface area contributed by atoms with Gasteiger partial charge in [-0.15, -0.1) is 0 Å². The molecule has 3 fully saturated rings. The molecule has 0 spiro atoms. The van der Waals surface area contributed by atoms with Crippen LogP contribution in [0.3, 0.4) is 0 Å². The van der Waals surface area contributed by atoms with Crippen LogP contribution in [-0.2, 0) is 0 Å². The lowest BCUT2D eigenvalue weighted by molar-refractivity contribution is 0.0723. The first-order valence-electron chi connectivity index (χ1n) is 10.6. The molecule has 0 aromatic rings. The van der Waals surface area contributed by atoms with Crippen LogP contribution < -0.4 is 5.32 Å². The molecule has 0 bridgehead atoms. The van der Waals surface area contributed by atoms with E-state index >= 15 is 0 Å². The molecule has 1 aliphatic heterocycles. The van der Waals surface area contributed by atoms with E-state index in [1.54, 1.807) is 0 Å². The Labute approximate surface area is 149 Å². The molecule has 5 unspecified atom stereocenters. The van der Waals surface area contributed by atoms with Crippen LogP contribution in [0.2, 0.25) is 0 Å². The van der Waals surface area contributed by atoms with Crippen molar-refractivity contribution in [3.8, 4) is 0 Å². The Morgan fingerprint density at radius 1 is 1.08 bits per heavy atom. The molecule has 2 aliphatic carbocycles. The second-order valence-electron chi connectivity index (χ2n) is 8.62. The lowest BCUT2D eigenvalue weighted by Gasteiger charge is -2.43. The van der Waals surface area contributed by atoms with Gasteiger partial charge >= 0.3 is 0 Å². The van der Waals surface area contributed by atoms with Gasteiger partial charge in [0.2, 0.25) is 0 Å². The van der Waals surface area contributed by atoms with Crippen LogP contribution in [0.15, 0.2) is 16.6 Å². The summed E-state index contributed by atoms with van der Waals surface area (Å²) in [5, 5.41) is 3.76. The van der Waals surface area contributed by atoms with E-state index in [0.717, 1.165) is 36.0 Å². The van der Waals surface area contributed by atoms with Crippen molar-refractivity contribution in [3.63, 3.8) is 0 Å². The fourth-order valence-electron chi connectivity index (χ4n) is 5.03. The van der Waals surface area contributed by atoms with Crippen molar-refractivity contribution < 1.29 is 0 Å². The molecular formula is C22H38N2. The number of fused-ring (bicyclic) bond motifs is 1. The fourth-order valence-corrected chi connectivity index (χ4v) is 5.03. The van der Waals surface area contributed by atoms with Crippen LogP contribution in [-0.4, -0.2) is 24.8 Å². The van der Waals surface area contributed by atoms with E-state index in [9.17, 15) is 0 Å². The molecule has 1 heterocycles. The molecule has 2 saturated carbocycles. The molecule has 2 heteroatoms. The minimum atomic E-state index is 0.532. The van der Waals surface area contributed by atoms with Crippen LogP contribution in [0, 0.1) is 29.6 Å². The standard InChI is InChI=1S/C22H38N2/c1-5-17-13-23-14-19(21-12-11-20(17)21)8-7-15(3)22(6-2)24-16(4)18-9-10-18/h7,16-21,23H,5-6,8-14H2,1-4H3/b15-7-,24-22?. The number of hydrogen-bond acceptors (Lipinski definition) is 2. The Hall–Kier alpha value is -0.630. The van der Waals surface area contributed by atoms with E-state index in [0.29, 0.717) is 6.04 Å². The van der Waals surface area contributed by atoms with Gasteiger partial charge in [-0.25, -0.2) is 0 Å². The monoisotopic (exact) mass is 330 g/mol. The van der Waals surface area contributed by atoms with Gasteiger partial charge in [0.05, 0.1) is 6.04 Å². The third kappa shape index (κ3) is 4.12. The zero-order chi connectivity index (χ0) is 17.1. The summed E-state index contributed by atoms with van der Waals surface area (Å²) in [5.74, 6) is 4.60. The third-order valence-electron chi connectivity index (χ3n) is 7.11. The van der Waals surface area contributed by atoms with Crippen molar-refractivity contribution in [2.24, 2.45) is 34.6 Å². The van der Waals surface area contributed by atoms with Crippen molar-refractivity contribution >= 4 is 5.71 Å². The predicted molar refractivity (Wildman–Crippen MR) is 105 cm³/mol. The summed E-state index contributed by atoms with van der Waals surface area (Å²) in [5.41, 5.74) is 2.80. The summed E-state index contributed by atoms with van der Waals surface area (Å²) < 4.78 is 0. The van der Waals surface area contributed by atoms with Gasteiger partial charge in [-0.3, -0.25) is 4.99 Å². The Morgan fingerprint density at radius 3 is 2.33 bits per heavy atom. The van der Waals surface area contributed by atoms with Gasteiger partial charge < -0.3 is 5.32 Å². The van der Waals surface area contributed by atoms with Crippen LogP contribution in [0.5, 0.6) is 0 Å². The van der Waals surface area contributed by atoms with Crippen molar-refractivity contribution in [2.75, 3.05) is 13.1 Å². The van der Waals surface area contributed by atoms with Crippen molar-refractivity contribution in [3.05, 3.63) is 11.6 Å². The average Bonchev–Trinajstić information content (AvgIpc) is 3.39. The van der Waals surface area contributed by atoms with E-state index in [1.807, 2.05) is 0 Å². The van der Waals surface area contributed by atoms with E-state index in [2.05, 4.69) is 39.1 Å². The zero-order valence-corrected chi connectivity index (χ0v) is 16.4. The van der Waals surface area contributed by atoms with Gasteiger partial charge in [0.15, 0.2) is 0 Å². The summed E-state index contributed by atoms with van der Waals surface area (Å²) in [7, 11) is 0. The van der Waals surface area contributed by atoms with Crippen LogP contribution in [0.25, 0.3) is 0 Å². The maximum atomic E-state index is 5.05. The first-order valence-corrected chi connectivity index (χ1v) is 10.6. The summed E-state index contributed by atoms with van der Waals surface area (Å²) in [6.07, 6.45) is 11.9. The van der Waals surface area contributed by atoms with E-state index in [4.69, 9.17) is 4.99 Å². The van der Waals surface area contributed by atoms with E-state index in [1.165, 1.54) is 62.9 Å². The highest BCUT2D eigenvalue weighted by Gasteiger charge is 2.41. The largest absolute Gasteiger partial charge is 0.316 e. The number of nitrogens with zero attached hydrogens (tertiary/aromatic N) is 1. The van der Waals surface area contributed by atoms with E-state index in [-0.39, 0.29) is 0 Å². The molecule has 1 saturated heterocycles. The molecule has 5 atom stereocenters. The van der Waals surface area contributed by atoms with Crippen LogP contribution in [0.1, 0.15) is 72.6 Å². The Kier molecular flexibility index (Phi) is 6.18. The number of nitrogens with one attached hydrogen (secondary N) is 1. The molecular weight excluding hydrogens is 292 g/mol. The van der Waals surface area contributed by atoms with Crippen molar-refractivity contribution in [1.29, 1.82) is 0 Å². The number of allylic oxidation sites excluding steroid dienone is 2. The van der Waals surface area contributed by atoms with Gasteiger partial charge in [-0.2, -0.15) is 0 Å². The Bertz CT molecular complexity index is 474. The van der Waals surface area contributed by atoms with Gasteiger partial charge in [0.1, 0.15) is 0 Å². The fraction of sp³-hybridized carbons (Fsp3) is 0.864. The van der Waals surface area contributed by atoms with Gasteiger partial charge in [0.25, 0.3) is 0 Å². The molecule has 0 aromatic carbocycles. The first kappa shape index (κ1) is 18.2. The number of hydrogen-bond donors (Lipinski definition) is 1. The molecule has 0 amide bonds. The molecule has 136 valence electrons. The third-order valence-corrected chi connectivity index (χ3v) is 7.11. The molecule has 1 N–H and O–H groups in total. The first-order chi connectivity index (χ1) is 11.6. The highest BCUT2D eigenvalue weighted by atomic mass is 14.9. The molecule has 0 radical (unpaired) electrons. The lowest BCUT2D eigenvalue weighted by Crippen LogP contribution is -2.36. The van der Waals surface area contributed by atoms with Gasteiger partial charge in [-0.1, -0.05) is 26.3 Å². The Morgan fingerprint density at radius 2 is 1.75 bits per heavy atom. The van der Waals surface area contributed by atoms with Crippen molar-refractivity contribution in [1.82, 2.24) is 5.32 Å². The molecule has 3 rings (SSSR count). The maximum Gasteiger partial charge on any atom is 0.0502 e. The molecule has 3 aliphatic rings. The summed E-state index contributed by atoms with van der Waals surface area (Å²) in [6, 6.07) is 0.532. The predicted octanol–water partition coefficient (Wildman–Crippen LogP) is 5.24. The number of aliphatic imine (C=N–C) groups is 1. The van der Waals surface area contributed by atoms with Crippen molar-refractivity contribution in [2.45, 2.75) is 78.7 Å². The molecule has 24 heavy (non-hydrogen) atoms. The van der Waals surface area contributed by atoms with Gasteiger partial charge in [-0.05, 0) is 101 Å². The minimum absolute atomic E-state index is 0.532. The summed E-state index contributed by atoms with van der Waals surface area (Å²) in [4.78, 5) is 5.05. The average molecular weight is 331 g/mol. The smallest absolute Gasteiger partial charge is 0.0502 e. The summed E-state index contributed by atoms with van der Waals surface area (Å²) in [6.45, 7) is 11.7. The SMILES string of the molecule is CCC(=NC(C)C1CC1)/C(C)=C\CC1CNCC(CC)C2CCC12. The lowest BCUT2D eigenvalue weighted by atomic mass is 9.61. The Balaban J connectivity index is 1.61. The zero-order valence-electron chi connectivity index (χ0n) is 16.4. The molecule has 0 aromatic heterocycles. The number of rotatable bonds is 7. The minimum Gasteiger partial charge on any atom is -0.316 e. The molecule has 2 nitrogen and oxygen atoms in total. The maximum absolute atomic E-state index is 5.05. The topological polar surface area (TPSA) is 24.4 Å². The highest BCUT2D eigenvalue weighted by Crippen LogP contribution is 2.47. The van der Waals surface area contributed by atoms with Gasteiger partial charge in [0, 0.05) is 5.71 Å². The normalized spacial score (nSPS) is 35.8. The van der Waals surface area contributed by atoms with Crippen LogP contribution >= 0.6 is 0 Å². The summed E-state index contributed by atoms with van der Waals surface area (Å²) >= 11 is 0. The second kappa shape index (κ2) is 8.17.